The van der Waals surface area contributed by atoms with E-state index in [1.807, 2.05) is 24.3 Å². The molecule has 1 atom stereocenters. The van der Waals surface area contributed by atoms with Crippen LogP contribution in [0.4, 0.5) is 0 Å². The minimum atomic E-state index is 0. The lowest BCUT2D eigenvalue weighted by Gasteiger charge is -2.00. The molecule has 1 saturated heterocycles. The molecule has 1 aliphatic rings. The van der Waals surface area contributed by atoms with Crippen molar-refractivity contribution in [1.82, 2.24) is 15.5 Å². The normalized spacial score (nSPS) is 18.1. The number of rotatable bonds is 3. The van der Waals surface area contributed by atoms with Crippen LogP contribution in [0.1, 0.15) is 18.2 Å². The highest BCUT2D eigenvalue weighted by Crippen LogP contribution is 2.25. The summed E-state index contributed by atoms with van der Waals surface area (Å²) in [6.07, 6.45) is 1.06. The van der Waals surface area contributed by atoms with Crippen LogP contribution in [0.25, 0.3) is 11.4 Å². The molecule has 0 radical (unpaired) electrons. The number of nitrogens with one attached hydrogen (secondary N) is 1. The van der Waals surface area contributed by atoms with Crippen LogP contribution in [-0.2, 0) is 0 Å². The Hall–Kier alpha value is -1.59. The maximum Gasteiger partial charge on any atom is 0.231 e. The standard InChI is InChI=1S/C13H15N3O2.ClH/c1-17-11-4-2-3-9(7-11)12-15-13(18-16-12)10-5-6-14-8-10;/h2-4,7,10,14H,5-6,8H2,1H3;1H. The number of ether oxygens (including phenoxy) is 1. The Balaban J connectivity index is 0.00000133. The summed E-state index contributed by atoms with van der Waals surface area (Å²) in [5.74, 6) is 2.48. The number of hydrogen-bond donors (Lipinski definition) is 1. The average molecular weight is 282 g/mol. The zero-order valence-electron chi connectivity index (χ0n) is 10.6. The second-order valence-electron chi connectivity index (χ2n) is 4.38. The van der Waals surface area contributed by atoms with Crippen molar-refractivity contribution in [3.8, 4) is 17.1 Å². The van der Waals surface area contributed by atoms with Gasteiger partial charge in [0.1, 0.15) is 5.75 Å². The van der Waals surface area contributed by atoms with Gasteiger partial charge in [0.25, 0.3) is 0 Å². The lowest BCUT2D eigenvalue weighted by molar-refractivity contribution is 0.359. The second kappa shape index (κ2) is 6.04. The van der Waals surface area contributed by atoms with Gasteiger partial charge in [0.2, 0.25) is 11.7 Å². The van der Waals surface area contributed by atoms with Crippen LogP contribution in [0, 0.1) is 0 Å². The third-order valence-corrected chi connectivity index (χ3v) is 3.18. The molecule has 1 fully saturated rings. The molecule has 1 aromatic heterocycles. The third kappa shape index (κ3) is 2.88. The van der Waals surface area contributed by atoms with Gasteiger partial charge in [-0.05, 0) is 25.1 Å². The van der Waals surface area contributed by atoms with Crippen molar-refractivity contribution in [3.63, 3.8) is 0 Å². The predicted molar refractivity (Wildman–Crippen MR) is 73.8 cm³/mol. The van der Waals surface area contributed by atoms with Gasteiger partial charge in [-0.15, -0.1) is 12.4 Å². The van der Waals surface area contributed by atoms with Crippen LogP contribution in [-0.4, -0.2) is 30.3 Å². The summed E-state index contributed by atoms with van der Waals surface area (Å²) in [5, 5.41) is 7.33. The van der Waals surface area contributed by atoms with Crippen molar-refractivity contribution >= 4 is 12.4 Å². The molecule has 0 amide bonds. The number of aromatic nitrogens is 2. The lowest BCUT2D eigenvalue weighted by Crippen LogP contribution is -2.08. The Morgan fingerprint density at radius 2 is 2.32 bits per heavy atom. The molecule has 6 heteroatoms. The fraction of sp³-hybridized carbons (Fsp3) is 0.385. The number of methoxy groups -OCH3 is 1. The van der Waals surface area contributed by atoms with Gasteiger partial charge in [0.05, 0.1) is 13.0 Å². The quantitative estimate of drug-likeness (QED) is 0.935. The first-order valence-corrected chi connectivity index (χ1v) is 6.05. The molecule has 0 saturated carbocycles. The van der Waals surface area contributed by atoms with Crippen molar-refractivity contribution < 1.29 is 9.26 Å². The average Bonchev–Trinajstić information content (AvgIpc) is 3.09. The highest BCUT2D eigenvalue weighted by Gasteiger charge is 2.23. The summed E-state index contributed by atoms with van der Waals surface area (Å²) < 4.78 is 10.5. The minimum absolute atomic E-state index is 0. The molecule has 19 heavy (non-hydrogen) atoms. The molecule has 0 spiro atoms. The van der Waals surface area contributed by atoms with E-state index in [0.29, 0.717) is 11.7 Å². The molecule has 5 nitrogen and oxygen atoms in total. The van der Waals surface area contributed by atoms with Gasteiger partial charge in [-0.25, -0.2) is 0 Å². The number of halogens is 1. The van der Waals surface area contributed by atoms with Crippen LogP contribution >= 0.6 is 12.4 Å². The van der Waals surface area contributed by atoms with E-state index in [-0.39, 0.29) is 12.4 Å². The van der Waals surface area contributed by atoms with Gasteiger partial charge in [-0.2, -0.15) is 4.98 Å². The van der Waals surface area contributed by atoms with E-state index in [4.69, 9.17) is 9.26 Å². The Morgan fingerprint density at radius 1 is 1.42 bits per heavy atom. The molecule has 102 valence electrons. The zero-order chi connectivity index (χ0) is 12.4. The summed E-state index contributed by atoms with van der Waals surface area (Å²) in [5.41, 5.74) is 0.912. The van der Waals surface area contributed by atoms with E-state index in [1.165, 1.54) is 0 Å². The highest BCUT2D eigenvalue weighted by molar-refractivity contribution is 5.85. The summed E-state index contributed by atoms with van der Waals surface area (Å²) in [7, 11) is 1.64. The lowest BCUT2D eigenvalue weighted by atomic mass is 10.1. The van der Waals surface area contributed by atoms with Crippen LogP contribution in [0.2, 0.25) is 0 Å². The van der Waals surface area contributed by atoms with Crippen molar-refractivity contribution in [2.45, 2.75) is 12.3 Å². The Bertz CT molecular complexity index is 538. The molecular weight excluding hydrogens is 266 g/mol. The summed E-state index contributed by atoms with van der Waals surface area (Å²) in [6.45, 7) is 1.93. The van der Waals surface area contributed by atoms with Gasteiger partial charge < -0.3 is 14.6 Å². The molecule has 1 aromatic carbocycles. The summed E-state index contributed by atoms with van der Waals surface area (Å²) in [6, 6.07) is 7.66. The Labute approximate surface area is 117 Å². The monoisotopic (exact) mass is 281 g/mol. The molecule has 3 rings (SSSR count). The fourth-order valence-corrected chi connectivity index (χ4v) is 2.15. The van der Waals surface area contributed by atoms with Gasteiger partial charge in [0, 0.05) is 12.1 Å². The Kier molecular flexibility index (Phi) is 4.39. The van der Waals surface area contributed by atoms with E-state index in [2.05, 4.69) is 15.5 Å². The van der Waals surface area contributed by atoms with E-state index < -0.39 is 0 Å². The number of hydrogen-bond acceptors (Lipinski definition) is 5. The van der Waals surface area contributed by atoms with Crippen LogP contribution in [0.3, 0.4) is 0 Å². The third-order valence-electron chi connectivity index (χ3n) is 3.18. The highest BCUT2D eigenvalue weighted by atomic mass is 35.5. The maximum atomic E-state index is 5.33. The fourth-order valence-electron chi connectivity index (χ4n) is 2.15. The van der Waals surface area contributed by atoms with Crippen molar-refractivity contribution in [3.05, 3.63) is 30.2 Å². The zero-order valence-corrected chi connectivity index (χ0v) is 11.4. The molecule has 1 aliphatic heterocycles. The molecule has 2 aromatic rings. The predicted octanol–water partition coefficient (Wildman–Crippen LogP) is 2.24. The van der Waals surface area contributed by atoms with Crippen LogP contribution < -0.4 is 10.1 Å². The van der Waals surface area contributed by atoms with Crippen LogP contribution in [0.15, 0.2) is 28.8 Å². The second-order valence-corrected chi connectivity index (χ2v) is 4.38. The molecule has 0 aliphatic carbocycles. The van der Waals surface area contributed by atoms with Gasteiger partial charge >= 0.3 is 0 Å². The minimum Gasteiger partial charge on any atom is -0.497 e. The first-order chi connectivity index (χ1) is 8.86. The smallest absolute Gasteiger partial charge is 0.231 e. The summed E-state index contributed by atoms with van der Waals surface area (Å²) >= 11 is 0. The number of nitrogens with zero attached hydrogens (tertiary/aromatic N) is 2. The van der Waals surface area contributed by atoms with E-state index in [9.17, 15) is 0 Å². The molecular formula is C13H16ClN3O2. The van der Waals surface area contributed by atoms with E-state index >= 15 is 0 Å². The first-order valence-electron chi connectivity index (χ1n) is 6.05. The first kappa shape index (κ1) is 13.8. The molecule has 0 bridgehead atoms. The van der Waals surface area contributed by atoms with Crippen molar-refractivity contribution in [2.75, 3.05) is 20.2 Å². The van der Waals surface area contributed by atoms with E-state index in [1.54, 1.807) is 7.11 Å². The van der Waals surface area contributed by atoms with Gasteiger partial charge in [0.15, 0.2) is 0 Å². The largest absolute Gasteiger partial charge is 0.497 e. The SMILES string of the molecule is COc1cccc(-c2noc(C3CCNC3)n2)c1.Cl. The van der Waals surface area contributed by atoms with Gasteiger partial charge in [-0.1, -0.05) is 17.3 Å². The Morgan fingerprint density at radius 3 is 3.05 bits per heavy atom. The van der Waals surface area contributed by atoms with Gasteiger partial charge in [-0.3, -0.25) is 0 Å². The topological polar surface area (TPSA) is 60.2 Å². The maximum absolute atomic E-state index is 5.33. The van der Waals surface area contributed by atoms with Crippen LogP contribution in [0.5, 0.6) is 5.75 Å². The van der Waals surface area contributed by atoms with Crippen molar-refractivity contribution in [1.29, 1.82) is 0 Å². The van der Waals surface area contributed by atoms with E-state index in [0.717, 1.165) is 36.7 Å². The molecule has 1 unspecified atom stereocenters. The number of benzene rings is 1. The van der Waals surface area contributed by atoms with Crippen molar-refractivity contribution in [2.24, 2.45) is 0 Å². The summed E-state index contributed by atoms with van der Waals surface area (Å²) in [4.78, 5) is 4.46. The molecule has 1 N–H and O–H groups in total. The molecule has 2 heterocycles.